The highest BCUT2D eigenvalue weighted by Crippen LogP contribution is 2.35. The standard InChI is InChI=1S/C19H34N4O/c1-14-7-10-22(11-8-14)12-17(24)13-23-9-5-6-18(23)19-15(2)20-21(4)16(19)3/h14,17-18,24H,5-13H2,1-4H3. The molecule has 0 bridgehead atoms. The molecule has 3 rings (SSSR count). The second-order valence-electron chi connectivity index (χ2n) is 8.00. The van der Waals surface area contributed by atoms with Gasteiger partial charge in [-0.3, -0.25) is 9.58 Å². The number of aliphatic hydroxyl groups excluding tert-OH is 1. The van der Waals surface area contributed by atoms with E-state index in [1.807, 2.05) is 11.7 Å². The number of aliphatic hydroxyl groups is 1. The molecule has 1 aromatic rings. The highest BCUT2D eigenvalue weighted by molar-refractivity contribution is 5.29. The van der Waals surface area contributed by atoms with E-state index in [0.29, 0.717) is 6.04 Å². The molecule has 24 heavy (non-hydrogen) atoms. The molecule has 5 heteroatoms. The largest absolute Gasteiger partial charge is 0.390 e. The Morgan fingerprint density at radius 1 is 1.12 bits per heavy atom. The molecular formula is C19H34N4O. The molecule has 0 aliphatic carbocycles. The van der Waals surface area contributed by atoms with Gasteiger partial charge in [0.15, 0.2) is 0 Å². The molecule has 2 aliphatic heterocycles. The van der Waals surface area contributed by atoms with Crippen LogP contribution in [0.25, 0.3) is 0 Å². The average molecular weight is 335 g/mol. The zero-order chi connectivity index (χ0) is 17.3. The van der Waals surface area contributed by atoms with Crippen LogP contribution < -0.4 is 0 Å². The number of aryl methyl sites for hydroxylation is 2. The predicted octanol–water partition coefficient (Wildman–Crippen LogP) is 2.27. The molecule has 2 fully saturated rings. The minimum atomic E-state index is -0.253. The van der Waals surface area contributed by atoms with Crippen molar-refractivity contribution in [1.29, 1.82) is 0 Å². The number of hydrogen-bond donors (Lipinski definition) is 1. The fourth-order valence-corrected chi connectivity index (χ4v) is 4.51. The first-order valence-corrected chi connectivity index (χ1v) is 9.60. The van der Waals surface area contributed by atoms with Gasteiger partial charge in [-0.05, 0) is 65.1 Å². The van der Waals surface area contributed by atoms with Crippen molar-refractivity contribution in [3.05, 3.63) is 17.0 Å². The first kappa shape index (κ1) is 17.9. The van der Waals surface area contributed by atoms with Gasteiger partial charge in [0.25, 0.3) is 0 Å². The normalized spacial score (nSPS) is 25.5. The minimum absolute atomic E-state index is 0.253. The van der Waals surface area contributed by atoms with E-state index in [9.17, 15) is 5.11 Å². The van der Waals surface area contributed by atoms with Crippen molar-refractivity contribution in [3.63, 3.8) is 0 Å². The van der Waals surface area contributed by atoms with Crippen LogP contribution in [0.5, 0.6) is 0 Å². The minimum Gasteiger partial charge on any atom is -0.390 e. The number of β-amino-alcohol motifs (C(OH)–C–C–N with tert-alkyl or cyclic N) is 1. The molecule has 0 spiro atoms. The summed E-state index contributed by atoms with van der Waals surface area (Å²) in [4.78, 5) is 4.92. The number of hydrogen-bond acceptors (Lipinski definition) is 4. The van der Waals surface area contributed by atoms with Crippen molar-refractivity contribution in [2.45, 2.75) is 58.6 Å². The van der Waals surface area contributed by atoms with Gasteiger partial charge in [-0.25, -0.2) is 0 Å². The second kappa shape index (κ2) is 7.54. The summed E-state index contributed by atoms with van der Waals surface area (Å²) in [6.45, 7) is 11.6. The van der Waals surface area contributed by atoms with E-state index >= 15 is 0 Å². The van der Waals surface area contributed by atoms with Crippen molar-refractivity contribution in [2.24, 2.45) is 13.0 Å². The van der Waals surface area contributed by atoms with Gasteiger partial charge in [-0.2, -0.15) is 5.10 Å². The summed E-state index contributed by atoms with van der Waals surface area (Å²) in [5.41, 5.74) is 3.80. The van der Waals surface area contributed by atoms with Gasteiger partial charge in [-0.1, -0.05) is 6.92 Å². The quantitative estimate of drug-likeness (QED) is 0.897. The van der Waals surface area contributed by atoms with Gasteiger partial charge >= 0.3 is 0 Å². The molecule has 2 saturated heterocycles. The molecule has 5 nitrogen and oxygen atoms in total. The van der Waals surface area contributed by atoms with E-state index in [1.165, 1.54) is 36.9 Å². The van der Waals surface area contributed by atoms with Crippen LogP contribution in [0, 0.1) is 19.8 Å². The van der Waals surface area contributed by atoms with E-state index < -0.39 is 0 Å². The van der Waals surface area contributed by atoms with Crippen molar-refractivity contribution in [1.82, 2.24) is 19.6 Å². The van der Waals surface area contributed by atoms with Crippen molar-refractivity contribution in [3.8, 4) is 0 Å². The van der Waals surface area contributed by atoms with E-state index in [-0.39, 0.29) is 6.10 Å². The molecule has 0 radical (unpaired) electrons. The van der Waals surface area contributed by atoms with E-state index in [4.69, 9.17) is 0 Å². The number of rotatable bonds is 5. The lowest BCUT2D eigenvalue weighted by Crippen LogP contribution is -2.43. The third-order valence-corrected chi connectivity index (χ3v) is 6.05. The van der Waals surface area contributed by atoms with Crippen molar-refractivity contribution < 1.29 is 5.11 Å². The lowest BCUT2D eigenvalue weighted by molar-refractivity contribution is 0.0575. The molecule has 0 saturated carbocycles. The Morgan fingerprint density at radius 2 is 1.83 bits per heavy atom. The van der Waals surface area contributed by atoms with Gasteiger partial charge in [0.2, 0.25) is 0 Å². The van der Waals surface area contributed by atoms with Crippen LogP contribution in [0.15, 0.2) is 0 Å². The number of likely N-dealkylation sites (tertiary alicyclic amines) is 2. The monoisotopic (exact) mass is 334 g/mol. The van der Waals surface area contributed by atoms with Crippen LogP contribution in [0.3, 0.4) is 0 Å². The van der Waals surface area contributed by atoms with E-state index in [1.54, 1.807) is 0 Å². The Kier molecular flexibility index (Phi) is 5.63. The summed E-state index contributed by atoms with van der Waals surface area (Å²) in [7, 11) is 2.03. The summed E-state index contributed by atoms with van der Waals surface area (Å²) in [6, 6.07) is 0.426. The lowest BCUT2D eigenvalue weighted by Gasteiger charge is -2.33. The smallest absolute Gasteiger partial charge is 0.0794 e. The van der Waals surface area contributed by atoms with Gasteiger partial charge in [0.1, 0.15) is 0 Å². The number of nitrogens with zero attached hydrogens (tertiary/aromatic N) is 4. The lowest BCUT2D eigenvalue weighted by atomic mass is 9.99. The Morgan fingerprint density at radius 3 is 2.46 bits per heavy atom. The molecule has 2 unspecified atom stereocenters. The van der Waals surface area contributed by atoms with Gasteiger partial charge in [0.05, 0.1) is 11.8 Å². The summed E-state index contributed by atoms with van der Waals surface area (Å²) in [5.74, 6) is 0.845. The summed E-state index contributed by atoms with van der Waals surface area (Å²) < 4.78 is 1.99. The zero-order valence-electron chi connectivity index (χ0n) is 15.8. The summed E-state index contributed by atoms with van der Waals surface area (Å²) in [5, 5.41) is 15.2. The first-order valence-electron chi connectivity index (χ1n) is 9.60. The molecule has 136 valence electrons. The molecule has 1 N–H and O–H groups in total. The highest BCUT2D eigenvalue weighted by atomic mass is 16.3. The van der Waals surface area contributed by atoms with Crippen LogP contribution in [-0.4, -0.2) is 63.5 Å². The third-order valence-electron chi connectivity index (χ3n) is 6.05. The highest BCUT2D eigenvalue weighted by Gasteiger charge is 2.31. The van der Waals surface area contributed by atoms with Gasteiger partial charge in [-0.15, -0.1) is 0 Å². The Bertz CT molecular complexity index is 548. The maximum absolute atomic E-state index is 10.6. The van der Waals surface area contributed by atoms with Crippen LogP contribution in [0.2, 0.25) is 0 Å². The number of aromatic nitrogens is 2. The average Bonchev–Trinajstić information content (AvgIpc) is 3.06. The maximum atomic E-state index is 10.6. The summed E-state index contributed by atoms with van der Waals surface area (Å²) in [6.07, 6.45) is 4.69. The van der Waals surface area contributed by atoms with Crippen LogP contribution in [0.4, 0.5) is 0 Å². The van der Waals surface area contributed by atoms with Gasteiger partial charge in [0, 0.05) is 37.4 Å². The predicted molar refractivity (Wildman–Crippen MR) is 97.1 cm³/mol. The van der Waals surface area contributed by atoms with Crippen LogP contribution >= 0.6 is 0 Å². The van der Waals surface area contributed by atoms with Crippen molar-refractivity contribution >= 4 is 0 Å². The zero-order valence-corrected chi connectivity index (χ0v) is 15.8. The van der Waals surface area contributed by atoms with E-state index in [2.05, 4.69) is 35.7 Å². The molecule has 2 atom stereocenters. The van der Waals surface area contributed by atoms with Gasteiger partial charge < -0.3 is 10.0 Å². The molecule has 2 aliphatic rings. The fraction of sp³-hybridized carbons (Fsp3) is 0.842. The first-order chi connectivity index (χ1) is 11.5. The van der Waals surface area contributed by atoms with Crippen LogP contribution in [-0.2, 0) is 7.05 Å². The topological polar surface area (TPSA) is 44.5 Å². The van der Waals surface area contributed by atoms with Crippen molar-refractivity contribution in [2.75, 3.05) is 32.7 Å². The third kappa shape index (κ3) is 3.84. The second-order valence-corrected chi connectivity index (χ2v) is 8.00. The van der Waals surface area contributed by atoms with E-state index in [0.717, 1.165) is 44.3 Å². The fourth-order valence-electron chi connectivity index (χ4n) is 4.51. The molecular weight excluding hydrogens is 300 g/mol. The number of piperidine rings is 1. The summed E-state index contributed by atoms with van der Waals surface area (Å²) >= 11 is 0. The molecule has 1 aromatic heterocycles. The Labute approximate surface area is 146 Å². The molecule has 0 amide bonds. The van der Waals surface area contributed by atoms with Crippen LogP contribution in [0.1, 0.15) is 55.6 Å². The maximum Gasteiger partial charge on any atom is 0.0794 e. The molecule has 3 heterocycles. The Hall–Kier alpha value is -0.910. The molecule has 0 aromatic carbocycles. The Balaban J connectivity index is 1.59. The SMILES string of the molecule is Cc1nn(C)c(C)c1C1CCCN1CC(O)CN1CCC(C)CC1.